The second kappa shape index (κ2) is 24.2. The highest BCUT2D eigenvalue weighted by atomic mass is 32.1. The van der Waals surface area contributed by atoms with Crippen molar-refractivity contribution in [1.82, 2.24) is 41.0 Å². The first-order valence-electron chi connectivity index (χ1n) is 25.8. The van der Waals surface area contributed by atoms with E-state index < -0.39 is 58.7 Å². The lowest BCUT2D eigenvalue weighted by molar-refractivity contribution is -0.148. The number of aromatic hydroxyl groups is 1. The van der Waals surface area contributed by atoms with Gasteiger partial charge < -0.3 is 50.8 Å². The van der Waals surface area contributed by atoms with Crippen LogP contribution in [0.1, 0.15) is 96.1 Å². The Morgan fingerprint density at radius 3 is 2.16 bits per heavy atom. The maximum absolute atomic E-state index is 14.0. The Morgan fingerprint density at radius 2 is 1.52 bits per heavy atom. The summed E-state index contributed by atoms with van der Waals surface area (Å²) in [4.78, 5) is 106. The summed E-state index contributed by atoms with van der Waals surface area (Å²) < 4.78 is 10.8. The Kier molecular flexibility index (Phi) is 17.5. The highest BCUT2D eigenvalue weighted by Gasteiger charge is 2.47. The number of aliphatic hydroxyl groups is 1. The van der Waals surface area contributed by atoms with Crippen LogP contribution in [0.5, 0.6) is 5.75 Å². The van der Waals surface area contributed by atoms with Crippen molar-refractivity contribution < 1.29 is 53.2 Å². The molecule has 1 aliphatic carbocycles. The number of methoxy groups -OCH3 is 1. The molecule has 8 rings (SSSR count). The Morgan fingerprint density at radius 1 is 0.857 bits per heavy atom. The minimum absolute atomic E-state index is 0.00842. The number of carbonyl (C=O) groups excluding carboxylic acids is 7. The first-order valence-corrected chi connectivity index (χ1v) is 26.7. The standard InChI is InChI=1S/C57H66N8O11S/c1-34-49(77-33-60-34)37-12-10-35(11-13-37)31-59-52(71)44-28-42(66)32-65(44)54(73)50(56(2,3)4)62-45(67)21-26-76-27-22-46(68)64-24-19-41(20-25-64)61-51(70)38-16-14-36(15-17-38)43-18-23-58-47(48(43)69)53(72)63-57(55(74)75-5)29-39-8-6-7-9-40(39)30-57/h6-18,23,33,41-42,44,50,66,69H,19-22,24-32H2,1-5H3,(H,59,71)(H,61,70)(H,62,67)(H,63,72)/t42-,44+,50?/m1/s1. The molecule has 0 radical (unpaired) electrons. The zero-order valence-electron chi connectivity index (χ0n) is 43.9. The molecule has 19 nitrogen and oxygen atoms in total. The molecule has 2 saturated heterocycles. The molecule has 4 heterocycles. The van der Waals surface area contributed by atoms with Gasteiger partial charge in [-0.3, -0.25) is 28.8 Å². The Hall–Kier alpha value is -7.55. The summed E-state index contributed by atoms with van der Waals surface area (Å²) in [6.45, 7) is 8.52. The van der Waals surface area contributed by atoms with Gasteiger partial charge in [-0.05, 0) is 71.2 Å². The number of nitrogens with zero attached hydrogens (tertiary/aromatic N) is 4. The van der Waals surface area contributed by atoms with E-state index in [2.05, 4.69) is 31.2 Å². The van der Waals surface area contributed by atoms with Gasteiger partial charge in [0, 0.05) is 75.2 Å². The number of ether oxygens (including phenoxy) is 2. The average Bonchev–Trinajstić information content (AvgIpc) is 4.16. The fourth-order valence-corrected chi connectivity index (χ4v) is 11.0. The van der Waals surface area contributed by atoms with Crippen LogP contribution in [0.15, 0.2) is 90.6 Å². The molecule has 1 unspecified atom stereocenters. The number of thiazole rings is 1. The second-order valence-corrected chi connectivity index (χ2v) is 21.8. The highest BCUT2D eigenvalue weighted by Crippen LogP contribution is 2.35. The lowest BCUT2D eigenvalue weighted by atomic mass is 9.85. The normalized spacial score (nSPS) is 17.5. The number of aryl methyl sites for hydroxylation is 1. The number of hydrogen-bond donors (Lipinski definition) is 6. The molecule has 0 saturated carbocycles. The summed E-state index contributed by atoms with van der Waals surface area (Å²) in [5, 5.41) is 33.4. The van der Waals surface area contributed by atoms with E-state index in [4.69, 9.17) is 9.47 Å². The summed E-state index contributed by atoms with van der Waals surface area (Å²) in [5.74, 6) is -3.45. The van der Waals surface area contributed by atoms with E-state index in [-0.39, 0.29) is 87.7 Å². The zero-order chi connectivity index (χ0) is 55.0. The monoisotopic (exact) mass is 1070 g/mol. The predicted molar refractivity (Wildman–Crippen MR) is 286 cm³/mol. The van der Waals surface area contributed by atoms with Crippen molar-refractivity contribution in [3.8, 4) is 27.3 Å². The first-order chi connectivity index (χ1) is 36.8. The van der Waals surface area contributed by atoms with E-state index >= 15 is 0 Å². The molecule has 2 aromatic heterocycles. The molecule has 3 aliphatic rings. The number of pyridine rings is 1. The van der Waals surface area contributed by atoms with Crippen molar-refractivity contribution in [2.45, 2.75) is 109 Å². The highest BCUT2D eigenvalue weighted by molar-refractivity contribution is 7.13. The summed E-state index contributed by atoms with van der Waals surface area (Å²) in [7, 11) is 1.26. The Labute approximate surface area is 451 Å². The third kappa shape index (κ3) is 13.2. The van der Waals surface area contributed by atoms with Crippen molar-refractivity contribution in [3.63, 3.8) is 0 Å². The van der Waals surface area contributed by atoms with Crippen LogP contribution >= 0.6 is 11.3 Å². The number of amides is 6. The maximum atomic E-state index is 14.0. The Bertz CT molecular complexity index is 2960. The molecule has 6 N–H and O–H groups in total. The van der Waals surface area contributed by atoms with Crippen molar-refractivity contribution in [1.29, 1.82) is 0 Å². The maximum Gasteiger partial charge on any atom is 0.332 e. The number of likely N-dealkylation sites (tertiary alicyclic amines) is 2. The zero-order valence-corrected chi connectivity index (χ0v) is 44.7. The fraction of sp³-hybridized carbons (Fsp3) is 0.421. The molecule has 77 heavy (non-hydrogen) atoms. The van der Waals surface area contributed by atoms with Crippen molar-refractivity contribution >= 4 is 52.7 Å². The molecule has 2 aliphatic heterocycles. The molecular formula is C57H66N8O11S. The number of carbonyl (C=O) groups is 7. The number of esters is 1. The first kappa shape index (κ1) is 55.7. The third-order valence-corrected chi connectivity index (χ3v) is 15.4. The van der Waals surface area contributed by atoms with Gasteiger partial charge in [0.25, 0.3) is 11.8 Å². The minimum atomic E-state index is -1.36. The van der Waals surface area contributed by atoms with Crippen molar-refractivity contribution in [3.05, 3.63) is 124 Å². The summed E-state index contributed by atoms with van der Waals surface area (Å²) in [6.07, 6.45) is 2.10. The van der Waals surface area contributed by atoms with Crippen LogP contribution < -0.4 is 21.3 Å². The summed E-state index contributed by atoms with van der Waals surface area (Å²) in [6, 6.07) is 21.3. The average molecular weight is 1070 g/mol. The number of nitrogens with one attached hydrogen (secondary N) is 4. The van der Waals surface area contributed by atoms with E-state index in [1.165, 1.54) is 18.2 Å². The van der Waals surface area contributed by atoms with E-state index in [1.54, 1.807) is 52.1 Å². The number of fused-ring (bicyclic) bond motifs is 1. The number of aromatic nitrogens is 2. The number of piperidine rings is 1. The molecule has 5 aromatic rings. The minimum Gasteiger partial charge on any atom is -0.505 e. The van der Waals surface area contributed by atoms with Crippen LogP contribution in [0, 0.1) is 12.3 Å². The van der Waals surface area contributed by atoms with Gasteiger partial charge in [-0.2, -0.15) is 0 Å². The molecular weight excluding hydrogens is 1000 g/mol. The molecule has 20 heteroatoms. The van der Waals surface area contributed by atoms with Crippen LogP contribution in [0.3, 0.4) is 0 Å². The molecule has 2 fully saturated rings. The topological polar surface area (TPSA) is 259 Å². The molecule has 406 valence electrons. The number of hydrogen-bond acceptors (Lipinski definition) is 14. The molecule has 3 atom stereocenters. The van der Waals surface area contributed by atoms with Gasteiger partial charge in [-0.1, -0.05) is 81.4 Å². The lowest BCUT2D eigenvalue weighted by Gasteiger charge is -2.35. The largest absolute Gasteiger partial charge is 0.505 e. The van der Waals surface area contributed by atoms with Crippen LogP contribution in [0.2, 0.25) is 0 Å². The lowest BCUT2D eigenvalue weighted by Crippen LogP contribution is -2.57. The van der Waals surface area contributed by atoms with E-state index in [9.17, 15) is 43.8 Å². The van der Waals surface area contributed by atoms with Gasteiger partial charge in [-0.15, -0.1) is 11.3 Å². The van der Waals surface area contributed by atoms with E-state index in [1.807, 2.05) is 76.2 Å². The van der Waals surface area contributed by atoms with Gasteiger partial charge in [-0.25, -0.2) is 14.8 Å². The van der Waals surface area contributed by atoms with Gasteiger partial charge in [0.2, 0.25) is 23.6 Å². The van der Waals surface area contributed by atoms with Crippen molar-refractivity contribution in [2.24, 2.45) is 5.41 Å². The quantitative estimate of drug-likeness (QED) is 0.0517. The van der Waals surface area contributed by atoms with Crippen LogP contribution in [0.4, 0.5) is 0 Å². The summed E-state index contributed by atoms with van der Waals surface area (Å²) >= 11 is 1.56. The van der Waals surface area contributed by atoms with Crippen LogP contribution in [-0.2, 0) is 52.8 Å². The van der Waals surface area contributed by atoms with E-state index in [0.29, 0.717) is 42.6 Å². The number of β-amino-alcohol motifs (C(OH)–C–C–N with tert-alkyl or cyclic N) is 1. The predicted octanol–water partition coefficient (Wildman–Crippen LogP) is 4.65. The van der Waals surface area contributed by atoms with Crippen LogP contribution in [-0.4, -0.2) is 141 Å². The van der Waals surface area contributed by atoms with Gasteiger partial charge in [0.15, 0.2) is 11.4 Å². The van der Waals surface area contributed by atoms with Gasteiger partial charge in [0.1, 0.15) is 17.6 Å². The number of benzene rings is 3. The van der Waals surface area contributed by atoms with Gasteiger partial charge >= 0.3 is 5.97 Å². The molecule has 0 bridgehead atoms. The SMILES string of the molecule is COC(=O)C1(NC(=O)c2nccc(-c3ccc(C(=O)NC4CCN(C(=O)CCOCCC(=O)NC(C(=O)N5C[C@H](O)C[C@H]5C(=O)NCc5ccc(-c6scnc6C)cc5)C(C)(C)C)CC4)cc3)c2O)Cc2ccccc2C1. The summed E-state index contributed by atoms with van der Waals surface area (Å²) in [5.41, 5.74) is 5.33. The molecule has 6 amide bonds. The van der Waals surface area contributed by atoms with Gasteiger partial charge in [0.05, 0.1) is 48.9 Å². The molecule has 3 aromatic carbocycles. The molecule has 0 spiro atoms. The van der Waals surface area contributed by atoms with E-state index in [0.717, 1.165) is 32.8 Å². The fourth-order valence-electron chi connectivity index (χ4n) is 10.2. The smallest absolute Gasteiger partial charge is 0.332 e. The third-order valence-electron chi connectivity index (χ3n) is 14.5. The second-order valence-electron chi connectivity index (χ2n) is 21.0. The number of rotatable bonds is 18. The Balaban J connectivity index is 0.742. The van der Waals surface area contributed by atoms with Crippen LogP contribution in [0.25, 0.3) is 21.6 Å². The van der Waals surface area contributed by atoms with Crippen molar-refractivity contribution in [2.75, 3.05) is 40.0 Å². The number of aliphatic hydroxyl groups excluding tert-OH is 1.